The summed E-state index contributed by atoms with van der Waals surface area (Å²) in [4.78, 5) is 33.5. The topological polar surface area (TPSA) is 85.8 Å². The summed E-state index contributed by atoms with van der Waals surface area (Å²) < 4.78 is 0. The molecule has 146 valence electrons. The summed E-state index contributed by atoms with van der Waals surface area (Å²) in [6.07, 6.45) is 7.73. The molecule has 0 radical (unpaired) electrons. The molecular weight excluding hydrogens is 344 g/mol. The number of carbonyl (C=O) groups excluding carboxylic acids is 1. The summed E-state index contributed by atoms with van der Waals surface area (Å²) in [5.74, 6) is -0.219. The lowest BCUT2D eigenvalue weighted by Crippen LogP contribution is -2.44. The molecule has 7 nitrogen and oxygen atoms in total. The molecule has 4 rings (SSSR count). The first kappa shape index (κ1) is 18.2. The second kappa shape index (κ2) is 7.11. The van der Waals surface area contributed by atoms with Crippen molar-refractivity contribution in [1.29, 1.82) is 0 Å². The number of carboxylic acid groups (broad SMARTS) is 1. The van der Waals surface area contributed by atoms with Crippen LogP contribution >= 0.6 is 0 Å². The third-order valence-electron chi connectivity index (χ3n) is 6.70. The fraction of sp³-hybridized carbons (Fsp3) is 0.650. The summed E-state index contributed by atoms with van der Waals surface area (Å²) in [5, 5.41) is 13.0. The van der Waals surface area contributed by atoms with Crippen LogP contribution in [-0.2, 0) is 4.79 Å². The Morgan fingerprint density at radius 3 is 2.67 bits per heavy atom. The van der Waals surface area contributed by atoms with Crippen LogP contribution in [0.2, 0.25) is 0 Å². The van der Waals surface area contributed by atoms with Crippen molar-refractivity contribution in [3.63, 3.8) is 0 Å². The minimum atomic E-state index is -0.827. The molecule has 3 fully saturated rings. The monoisotopic (exact) mass is 372 g/mol. The van der Waals surface area contributed by atoms with Gasteiger partial charge >= 0.3 is 5.97 Å². The van der Waals surface area contributed by atoms with Gasteiger partial charge in [0.25, 0.3) is 5.91 Å². The lowest BCUT2D eigenvalue weighted by molar-refractivity contribution is -0.148. The van der Waals surface area contributed by atoms with Crippen molar-refractivity contribution in [3.05, 3.63) is 23.9 Å². The number of carboxylic acids is 1. The molecule has 1 aromatic heterocycles. The van der Waals surface area contributed by atoms with Crippen LogP contribution in [0.3, 0.4) is 0 Å². The third-order valence-corrected chi connectivity index (χ3v) is 6.70. The second-order valence-electron chi connectivity index (χ2n) is 8.24. The van der Waals surface area contributed by atoms with E-state index in [9.17, 15) is 14.7 Å². The Morgan fingerprint density at radius 2 is 2.00 bits per heavy atom. The lowest BCUT2D eigenvalue weighted by atomic mass is 9.81. The highest BCUT2D eigenvalue weighted by molar-refractivity contribution is 5.95. The third kappa shape index (κ3) is 3.18. The SMILES string of the molecule is CNc1cc(C(=O)N2C[C@H]3CN(C4CCCCC4)C[C@@]3(C(=O)O)C2)ccn1. The highest BCUT2D eigenvalue weighted by Crippen LogP contribution is 2.45. The van der Waals surface area contributed by atoms with E-state index in [1.165, 1.54) is 32.1 Å². The molecule has 2 aliphatic heterocycles. The smallest absolute Gasteiger partial charge is 0.313 e. The van der Waals surface area contributed by atoms with E-state index < -0.39 is 11.4 Å². The average molecular weight is 372 g/mol. The quantitative estimate of drug-likeness (QED) is 0.840. The Bertz CT molecular complexity index is 734. The number of aromatic nitrogens is 1. The maximum Gasteiger partial charge on any atom is 0.313 e. The zero-order valence-electron chi connectivity index (χ0n) is 15.9. The number of fused-ring (bicyclic) bond motifs is 1. The molecule has 0 aromatic carbocycles. The number of hydrogen-bond acceptors (Lipinski definition) is 5. The summed E-state index contributed by atoms with van der Waals surface area (Å²) in [5.41, 5.74) is -0.273. The Labute approximate surface area is 159 Å². The zero-order chi connectivity index (χ0) is 19.0. The van der Waals surface area contributed by atoms with E-state index in [1.807, 2.05) is 0 Å². The molecular formula is C20H28N4O3. The van der Waals surface area contributed by atoms with E-state index in [0.717, 1.165) is 6.54 Å². The van der Waals surface area contributed by atoms with E-state index in [2.05, 4.69) is 15.2 Å². The van der Waals surface area contributed by atoms with Gasteiger partial charge < -0.3 is 15.3 Å². The predicted octanol–water partition coefficient (Wildman–Crippen LogP) is 1.91. The van der Waals surface area contributed by atoms with E-state index in [1.54, 1.807) is 30.3 Å². The van der Waals surface area contributed by atoms with Gasteiger partial charge in [0.15, 0.2) is 0 Å². The van der Waals surface area contributed by atoms with Gasteiger partial charge in [-0.25, -0.2) is 4.98 Å². The summed E-state index contributed by atoms with van der Waals surface area (Å²) in [6, 6.07) is 3.93. The molecule has 0 bridgehead atoms. The van der Waals surface area contributed by atoms with Gasteiger partial charge in [-0.2, -0.15) is 0 Å². The zero-order valence-corrected chi connectivity index (χ0v) is 15.9. The number of anilines is 1. The van der Waals surface area contributed by atoms with Crippen molar-refractivity contribution in [2.24, 2.45) is 11.3 Å². The summed E-state index contributed by atoms with van der Waals surface area (Å²) in [7, 11) is 1.76. The van der Waals surface area contributed by atoms with Crippen LogP contribution < -0.4 is 5.32 Å². The predicted molar refractivity (Wildman–Crippen MR) is 102 cm³/mol. The van der Waals surface area contributed by atoms with Crippen molar-refractivity contribution in [1.82, 2.24) is 14.8 Å². The highest BCUT2D eigenvalue weighted by Gasteiger charge is 2.59. The molecule has 1 aromatic rings. The minimum absolute atomic E-state index is 0.00600. The number of rotatable bonds is 4. The fourth-order valence-corrected chi connectivity index (χ4v) is 5.17. The molecule has 7 heteroatoms. The number of pyridine rings is 1. The van der Waals surface area contributed by atoms with Crippen LogP contribution in [0.25, 0.3) is 0 Å². The van der Waals surface area contributed by atoms with Crippen LogP contribution in [0.15, 0.2) is 18.3 Å². The average Bonchev–Trinajstić information content (AvgIpc) is 3.24. The number of aliphatic carboxylic acids is 1. The fourth-order valence-electron chi connectivity index (χ4n) is 5.17. The number of nitrogens with zero attached hydrogens (tertiary/aromatic N) is 3. The minimum Gasteiger partial charge on any atom is -0.481 e. The maximum atomic E-state index is 13.0. The van der Waals surface area contributed by atoms with Crippen molar-refractivity contribution in [2.75, 3.05) is 38.5 Å². The van der Waals surface area contributed by atoms with Crippen LogP contribution in [0.1, 0.15) is 42.5 Å². The molecule has 27 heavy (non-hydrogen) atoms. The van der Waals surface area contributed by atoms with Gasteiger partial charge in [0, 0.05) is 56.9 Å². The first-order valence-corrected chi connectivity index (χ1v) is 9.94. The van der Waals surface area contributed by atoms with Crippen LogP contribution in [0.4, 0.5) is 5.82 Å². The Balaban J connectivity index is 1.51. The number of carbonyl (C=O) groups is 2. The molecule has 0 spiro atoms. The Morgan fingerprint density at radius 1 is 1.22 bits per heavy atom. The lowest BCUT2D eigenvalue weighted by Gasteiger charge is -2.33. The molecule has 3 aliphatic rings. The first-order valence-electron chi connectivity index (χ1n) is 9.94. The van der Waals surface area contributed by atoms with Gasteiger partial charge in [0.1, 0.15) is 11.2 Å². The van der Waals surface area contributed by atoms with E-state index in [-0.39, 0.29) is 11.8 Å². The van der Waals surface area contributed by atoms with Crippen LogP contribution in [-0.4, -0.2) is 71.0 Å². The van der Waals surface area contributed by atoms with E-state index in [0.29, 0.717) is 37.1 Å². The maximum absolute atomic E-state index is 13.0. The molecule has 3 heterocycles. The standard InChI is InChI=1S/C20H28N4O3/c1-21-17-9-14(7-8-22-17)18(25)24-11-15-10-23(16-5-3-2-4-6-16)12-20(15,13-24)19(26)27/h7-9,15-16H,2-6,10-13H2,1H3,(H,21,22)(H,26,27)/t15-,20-/m1/s1. The van der Waals surface area contributed by atoms with Gasteiger partial charge in [0.05, 0.1) is 0 Å². The van der Waals surface area contributed by atoms with Gasteiger partial charge in [-0.05, 0) is 25.0 Å². The largest absolute Gasteiger partial charge is 0.481 e. The highest BCUT2D eigenvalue weighted by atomic mass is 16.4. The second-order valence-corrected chi connectivity index (χ2v) is 8.24. The number of likely N-dealkylation sites (tertiary alicyclic amines) is 2. The molecule has 2 saturated heterocycles. The summed E-state index contributed by atoms with van der Waals surface area (Å²) >= 11 is 0. The normalized spacial score (nSPS) is 28.9. The van der Waals surface area contributed by atoms with Gasteiger partial charge in [-0.15, -0.1) is 0 Å². The molecule has 1 saturated carbocycles. The summed E-state index contributed by atoms with van der Waals surface area (Å²) in [6.45, 7) is 2.18. The van der Waals surface area contributed by atoms with Crippen molar-refractivity contribution in [2.45, 2.75) is 38.1 Å². The number of amides is 1. The first-order chi connectivity index (χ1) is 13.0. The molecule has 2 N–H and O–H groups in total. The van der Waals surface area contributed by atoms with Crippen molar-refractivity contribution >= 4 is 17.7 Å². The molecule has 1 amide bonds. The van der Waals surface area contributed by atoms with Gasteiger partial charge in [0.2, 0.25) is 0 Å². The number of hydrogen-bond donors (Lipinski definition) is 2. The van der Waals surface area contributed by atoms with E-state index >= 15 is 0 Å². The van der Waals surface area contributed by atoms with Gasteiger partial charge in [-0.3, -0.25) is 14.5 Å². The van der Waals surface area contributed by atoms with E-state index in [4.69, 9.17) is 0 Å². The molecule has 0 unspecified atom stereocenters. The molecule has 1 aliphatic carbocycles. The van der Waals surface area contributed by atoms with Crippen LogP contribution in [0.5, 0.6) is 0 Å². The van der Waals surface area contributed by atoms with Gasteiger partial charge in [-0.1, -0.05) is 19.3 Å². The van der Waals surface area contributed by atoms with Crippen molar-refractivity contribution in [3.8, 4) is 0 Å². The number of nitrogens with one attached hydrogen (secondary N) is 1. The molecule has 2 atom stereocenters. The van der Waals surface area contributed by atoms with Crippen LogP contribution in [0, 0.1) is 11.3 Å². The Kier molecular flexibility index (Phi) is 4.80. The van der Waals surface area contributed by atoms with Crippen molar-refractivity contribution < 1.29 is 14.7 Å². The Hall–Kier alpha value is -2.15.